The van der Waals surface area contributed by atoms with E-state index in [9.17, 15) is 23.7 Å². The van der Waals surface area contributed by atoms with Crippen molar-refractivity contribution < 1.29 is 28.3 Å². The van der Waals surface area contributed by atoms with Crippen LogP contribution in [0.4, 0.5) is 0 Å². The molecule has 0 aliphatic heterocycles. The van der Waals surface area contributed by atoms with Crippen molar-refractivity contribution in [1.29, 1.82) is 0 Å². The van der Waals surface area contributed by atoms with E-state index in [-0.39, 0.29) is 76.9 Å². The van der Waals surface area contributed by atoms with Gasteiger partial charge in [0.2, 0.25) is 0 Å². The molecule has 4 aliphatic carbocycles. The second-order valence-corrected chi connectivity index (χ2v) is 14.3. The Bertz CT molecular complexity index is 829. The third kappa shape index (κ3) is 5.86. The summed E-state index contributed by atoms with van der Waals surface area (Å²) in [6.45, 7) is 7.90. The van der Waals surface area contributed by atoms with E-state index in [1.165, 1.54) is 0 Å². The molecule has 4 saturated carbocycles. The van der Waals surface area contributed by atoms with Gasteiger partial charge in [-0.05, 0) is 111 Å². The Kier molecular flexibility index (Phi) is 9.93. The molecule has 0 heterocycles. The van der Waals surface area contributed by atoms with Gasteiger partial charge in [0.25, 0.3) is 10.1 Å². The molecule has 9 heteroatoms. The Balaban J connectivity index is 0.00000342. The number of aliphatic hydroxyl groups is 3. The molecule has 0 aromatic rings. The van der Waals surface area contributed by atoms with Gasteiger partial charge in [-0.1, -0.05) is 20.8 Å². The predicted molar refractivity (Wildman–Crippen MR) is 139 cm³/mol. The van der Waals surface area contributed by atoms with Gasteiger partial charge in [0.1, 0.15) is 0 Å². The zero-order valence-corrected chi connectivity index (χ0v) is 22.0. The summed E-state index contributed by atoms with van der Waals surface area (Å²) in [4.78, 5) is 0. The van der Waals surface area contributed by atoms with Gasteiger partial charge in [-0.25, -0.2) is 0 Å². The van der Waals surface area contributed by atoms with E-state index in [0.29, 0.717) is 36.1 Å². The van der Waals surface area contributed by atoms with Crippen molar-refractivity contribution in [2.75, 3.05) is 18.8 Å². The van der Waals surface area contributed by atoms with Gasteiger partial charge < -0.3 is 20.6 Å². The zero-order valence-electron chi connectivity index (χ0n) is 21.2. The number of hydrogen-bond acceptors (Lipinski definition) is 6. The normalized spacial score (nSPS) is 46.1. The van der Waals surface area contributed by atoms with E-state index in [1.807, 2.05) is 0 Å². The molecule has 0 saturated heterocycles. The maximum atomic E-state index is 11.6. The number of aliphatic hydroxyl groups excluding tert-OH is 3. The van der Waals surface area contributed by atoms with Crippen LogP contribution in [-0.4, -0.2) is 95.0 Å². The Morgan fingerprint density at radius 2 is 1.71 bits per heavy atom. The van der Waals surface area contributed by atoms with Crippen LogP contribution < -0.4 is 5.32 Å². The fourth-order valence-electron chi connectivity index (χ4n) is 9.21. The SMILES string of the molecule is C[C@H](CCCNCCS(=O)(=O)O)[C@H]1CC[C@H]2[C@@H]3[C@H](O)C[C@@H]4C[C@H](O)CC[C@]4(C)[C@H]3C[C@H](O)[C@]12C.[NaH]. The van der Waals surface area contributed by atoms with E-state index >= 15 is 0 Å². The van der Waals surface area contributed by atoms with Crippen LogP contribution in [0.1, 0.15) is 78.6 Å². The quantitative estimate of drug-likeness (QED) is 0.187. The maximum absolute atomic E-state index is 11.6. The first-order valence-corrected chi connectivity index (χ1v) is 15.2. The van der Waals surface area contributed by atoms with E-state index in [0.717, 1.165) is 57.8 Å². The zero-order chi connectivity index (χ0) is 24.9. The Hall–Kier alpha value is 0.750. The molecular weight excluding hydrogens is 477 g/mol. The molecule has 0 spiro atoms. The number of hydrogen-bond donors (Lipinski definition) is 5. The summed E-state index contributed by atoms with van der Waals surface area (Å²) in [5.74, 6) is 1.83. The molecule has 11 atom stereocenters. The second-order valence-electron chi connectivity index (χ2n) is 12.7. The summed E-state index contributed by atoms with van der Waals surface area (Å²) >= 11 is 0. The molecule has 0 radical (unpaired) electrons. The molecule has 35 heavy (non-hydrogen) atoms. The third-order valence-electron chi connectivity index (χ3n) is 11.1. The van der Waals surface area contributed by atoms with Crippen molar-refractivity contribution in [3.05, 3.63) is 0 Å². The van der Waals surface area contributed by atoms with Crippen molar-refractivity contribution >= 4 is 39.7 Å². The first-order valence-electron chi connectivity index (χ1n) is 13.6. The van der Waals surface area contributed by atoms with Crippen LogP contribution >= 0.6 is 0 Å². The van der Waals surface area contributed by atoms with Crippen molar-refractivity contribution in [2.45, 2.75) is 96.9 Å². The number of fused-ring (bicyclic) bond motifs is 5. The van der Waals surface area contributed by atoms with Gasteiger partial charge >= 0.3 is 29.6 Å². The van der Waals surface area contributed by atoms with Gasteiger partial charge in [0, 0.05) is 6.54 Å². The molecule has 4 rings (SSSR count). The van der Waals surface area contributed by atoms with Crippen molar-refractivity contribution in [3.63, 3.8) is 0 Å². The predicted octanol–water partition coefficient (Wildman–Crippen LogP) is 2.19. The first-order chi connectivity index (χ1) is 15.9. The second kappa shape index (κ2) is 11.5. The van der Waals surface area contributed by atoms with Crippen molar-refractivity contribution in [3.8, 4) is 0 Å². The summed E-state index contributed by atoms with van der Waals surface area (Å²) in [5, 5.41) is 36.4. The van der Waals surface area contributed by atoms with Crippen LogP contribution in [0, 0.1) is 46.3 Å². The molecule has 0 unspecified atom stereocenters. The van der Waals surface area contributed by atoms with E-state index in [4.69, 9.17) is 4.55 Å². The van der Waals surface area contributed by atoms with E-state index in [1.54, 1.807) is 0 Å². The first kappa shape index (κ1) is 30.3. The van der Waals surface area contributed by atoms with Crippen LogP contribution in [0.5, 0.6) is 0 Å². The molecule has 4 aliphatic rings. The van der Waals surface area contributed by atoms with Gasteiger partial charge in [-0.15, -0.1) is 0 Å². The summed E-state index contributed by atoms with van der Waals surface area (Å²) < 4.78 is 30.5. The molecule has 4 fully saturated rings. The molecule has 0 amide bonds. The molecule has 0 aromatic heterocycles. The Morgan fingerprint density at radius 3 is 2.40 bits per heavy atom. The average Bonchev–Trinajstić information content (AvgIpc) is 3.10. The van der Waals surface area contributed by atoms with Gasteiger partial charge in [0.05, 0.1) is 24.1 Å². The summed E-state index contributed by atoms with van der Waals surface area (Å²) in [6, 6.07) is 0. The topological polar surface area (TPSA) is 127 Å². The molecule has 7 nitrogen and oxygen atoms in total. The Morgan fingerprint density at radius 1 is 1.00 bits per heavy atom. The van der Waals surface area contributed by atoms with Crippen LogP contribution in [0.15, 0.2) is 0 Å². The molecule has 0 aromatic carbocycles. The fraction of sp³-hybridized carbons (Fsp3) is 1.00. The Labute approximate surface area is 234 Å². The molecular formula is C26H48NNaO6S. The number of nitrogens with one attached hydrogen (secondary N) is 1. The summed E-state index contributed by atoms with van der Waals surface area (Å²) in [7, 11) is -3.92. The van der Waals surface area contributed by atoms with Gasteiger partial charge in [-0.3, -0.25) is 4.55 Å². The molecule has 0 bridgehead atoms. The summed E-state index contributed by atoms with van der Waals surface area (Å²) in [5.41, 5.74) is -0.0831. The molecule has 5 N–H and O–H groups in total. The molecule has 200 valence electrons. The van der Waals surface area contributed by atoms with Crippen LogP contribution in [0.3, 0.4) is 0 Å². The summed E-state index contributed by atoms with van der Waals surface area (Å²) in [6.07, 6.45) is 7.29. The van der Waals surface area contributed by atoms with Crippen LogP contribution in [0.25, 0.3) is 0 Å². The van der Waals surface area contributed by atoms with Crippen molar-refractivity contribution in [2.24, 2.45) is 46.3 Å². The van der Waals surface area contributed by atoms with Crippen LogP contribution in [-0.2, 0) is 10.1 Å². The van der Waals surface area contributed by atoms with E-state index < -0.39 is 10.1 Å². The minimum atomic E-state index is -3.92. The monoisotopic (exact) mass is 525 g/mol. The van der Waals surface area contributed by atoms with Gasteiger partial charge in [-0.2, -0.15) is 8.42 Å². The van der Waals surface area contributed by atoms with E-state index in [2.05, 4.69) is 26.1 Å². The van der Waals surface area contributed by atoms with Crippen molar-refractivity contribution in [1.82, 2.24) is 5.32 Å². The fourth-order valence-corrected chi connectivity index (χ4v) is 9.61. The average molecular weight is 526 g/mol. The number of rotatable bonds is 8. The van der Waals surface area contributed by atoms with Gasteiger partial charge in [0.15, 0.2) is 0 Å². The van der Waals surface area contributed by atoms with Crippen LogP contribution in [0.2, 0.25) is 0 Å². The standard InChI is InChI=1S/C26H47NO6S.Na.H/c1-16(5-4-10-27-11-12-34(31,32)33)19-6-7-20-24-21(15-23(30)26(19,20)3)25(2)9-8-18(28)13-17(25)14-22(24)29;;/h16-24,27-30H,4-15H2,1-3H3,(H,31,32,33);;/t16-,17+,18-,19-,20+,21+,22-,23+,24+,25+,26-;;/m1../s1. The minimum absolute atomic E-state index is 0. The third-order valence-corrected chi connectivity index (χ3v) is 11.8.